The summed E-state index contributed by atoms with van der Waals surface area (Å²) >= 11 is 0. The van der Waals surface area contributed by atoms with Crippen LogP contribution in [0.3, 0.4) is 0 Å². The van der Waals surface area contributed by atoms with Crippen molar-refractivity contribution >= 4 is 11.9 Å². The largest absolute Gasteiger partial charge is 0.370 e. The van der Waals surface area contributed by atoms with E-state index in [1.165, 1.54) is 0 Å². The third-order valence-corrected chi connectivity index (χ3v) is 5.43. The summed E-state index contributed by atoms with van der Waals surface area (Å²) in [6.07, 6.45) is 9.08. The van der Waals surface area contributed by atoms with Crippen molar-refractivity contribution in [2.75, 3.05) is 37.7 Å². The Labute approximate surface area is 148 Å². The second-order valence-electron chi connectivity index (χ2n) is 7.08. The number of hydrogen-bond acceptors (Lipinski definition) is 6. The van der Waals surface area contributed by atoms with Crippen LogP contribution in [-0.2, 0) is 14.3 Å². The Morgan fingerprint density at radius 1 is 1.16 bits per heavy atom. The van der Waals surface area contributed by atoms with Gasteiger partial charge in [-0.1, -0.05) is 0 Å². The second-order valence-corrected chi connectivity index (χ2v) is 7.08. The SMILES string of the molecule is O=C(COC[C@H]1CC[C@H]2[C@H](CCN2c2ncccn2)O1)N1CCCC1. The lowest BCUT2D eigenvalue weighted by atomic mass is 9.99. The highest BCUT2D eigenvalue weighted by Crippen LogP contribution is 2.33. The average Bonchev–Trinajstić information content (AvgIpc) is 3.32. The Balaban J connectivity index is 1.23. The van der Waals surface area contributed by atoms with Crippen LogP contribution in [0.15, 0.2) is 18.5 Å². The Kier molecular flexibility index (Phi) is 5.12. The number of carbonyl (C=O) groups excluding carboxylic acids is 1. The Morgan fingerprint density at radius 3 is 2.76 bits per heavy atom. The standard InChI is InChI=1S/C18H26N4O3/c23-17(21-9-1-2-10-21)13-24-12-14-4-5-15-16(25-14)6-11-22(15)18-19-7-3-8-20-18/h3,7-8,14-16H,1-2,4-6,9-13H2/t14-,15+,16+/m1/s1. The van der Waals surface area contributed by atoms with Crippen molar-refractivity contribution in [2.45, 2.75) is 50.4 Å². The van der Waals surface area contributed by atoms with Gasteiger partial charge in [-0.05, 0) is 38.2 Å². The van der Waals surface area contributed by atoms with E-state index in [-0.39, 0.29) is 24.7 Å². The van der Waals surface area contributed by atoms with Gasteiger partial charge in [0.1, 0.15) is 6.61 Å². The van der Waals surface area contributed by atoms with Crippen LogP contribution in [0, 0.1) is 0 Å². The smallest absolute Gasteiger partial charge is 0.248 e. The van der Waals surface area contributed by atoms with Gasteiger partial charge in [-0.3, -0.25) is 4.79 Å². The highest BCUT2D eigenvalue weighted by molar-refractivity contribution is 5.77. The van der Waals surface area contributed by atoms with Crippen molar-refractivity contribution in [3.8, 4) is 0 Å². The molecule has 136 valence electrons. The van der Waals surface area contributed by atoms with Gasteiger partial charge in [-0.15, -0.1) is 0 Å². The summed E-state index contributed by atoms with van der Waals surface area (Å²) in [5.41, 5.74) is 0. The van der Waals surface area contributed by atoms with Crippen molar-refractivity contribution in [1.29, 1.82) is 0 Å². The van der Waals surface area contributed by atoms with E-state index in [0.717, 1.165) is 57.7 Å². The van der Waals surface area contributed by atoms with E-state index in [9.17, 15) is 4.79 Å². The molecule has 0 aromatic carbocycles. The van der Waals surface area contributed by atoms with Crippen LogP contribution in [-0.4, -0.2) is 71.9 Å². The molecule has 1 aromatic rings. The number of likely N-dealkylation sites (tertiary alicyclic amines) is 1. The highest BCUT2D eigenvalue weighted by Gasteiger charge is 2.40. The van der Waals surface area contributed by atoms with Gasteiger partial charge in [-0.2, -0.15) is 0 Å². The van der Waals surface area contributed by atoms with Crippen molar-refractivity contribution in [2.24, 2.45) is 0 Å². The molecule has 3 aliphatic rings. The van der Waals surface area contributed by atoms with E-state index in [0.29, 0.717) is 12.6 Å². The lowest BCUT2D eigenvalue weighted by Gasteiger charge is -2.35. The van der Waals surface area contributed by atoms with Crippen LogP contribution >= 0.6 is 0 Å². The van der Waals surface area contributed by atoms with E-state index in [4.69, 9.17) is 9.47 Å². The first-order valence-corrected chi connectivity index (χ1v) is 9.36. The summed E-state index contributed by atoms with van der Waals surface area (Å²) in [5, 5.41) is 0. The molecular weight excluding hydrogens is 320 g/mol. The molecule has 7 nitrogen and oxygen atoms in total. The number of anilines is 1. The maximum absolute atomic E-state index is 12.0. The van der Waals surface area contributed by atoms with E-state index in [1.807, 2.05) is 11.0 Å². The van der Waals surface area contributed by atoms with Crippen molar-refractivity contribution in [3.63, 3.8) is 0 Å². The number of rotatable bonds is 5. The zero-order chi connectivity index (χ0) is 17.1. The Hall–Kier alpha value is -1.73. The number of ether oxygens (including phenoxy) is 2. The van der Waals surface area contributed by atoms with E-state index in [1.54, 1.807) is 12.4 Å². The third-order valence-electron chi connectivity index (χ3n) is 5.43. The first-order chi connectivity index (χ1) is 12.3. The molecule has 0 spiro atoms. The monoisotopic (exact) mass is 346 g/mol. The van der Waals surface area contributed by atoms with Crippen LogP contribution in [0.25, 0.3) is 0 Å². The van der Waals surface area contributed by atoms with Crippen LogP contribution < -0.4 is 4.90 Å². The first-order valence-electron chi connectivity index (χ1n) is 9.36. The number of hydrogen-bond donors (Lipinski definition) is 0. The molecule has 0 saturated carbocycles. The zero-order valence-electron chi connectivity index (χ0n) is 14.5. The number of carbonyl (C=O) groups is 1. The molecule has 0 unspecified atom stereocenters. The molecule has 4 heterocycles. The quantitative estimate of drug-likeness (QED) is 0.799. The number of aromatic nitrogens is 2. The van der Waals surface area contributed by atoms with Gasteiger partial charge in [0.25, 0.3) is 0 Å². The maximum atomic E-state index is 12.0. The Bertz CT molecular complexity index is 579. The van der Waals surface area contributed by atoms with E-state index < -0.39 is 0 Å². The molecule has 4 rings (SSSR count). The molecule has 1 aromatic heterocycles. The van der Waals surface area contributed by atoms with Crippen molar-refractivity contribution in [1.82, 2.24) is 14.9 Å². The first kappa shape index (κ1) is 16.7. The predicted molar refractivity (Wildman–Crippen MR) is 92.3 cm³/mol. The maximum Gasteiger partial charge on any atom is 0.248 e. The summed E-state index contributed by atoms with van der Waals surface area (Å²) < 4.78 is 11.9. The minimum atomic E-state index is 0.0873. The molecule has 3 fully saturated rings. The number of nitrogens with zero attached hydrogens (tertiary/aromatic N) is 4. The number of fused-ring (bicyclic) bond motifs is 1. The second kappa shape index (κ2) is 7.66. The highest BCUT2D eigenvalue weighted by atomic mass is 16.5. The van der Waals surface area contributed by atoms with Crippen LogP contribution in [0.1, 0.15) is 32.1 Å². The fourth-order valence-electron chi connectivity index (χ4n) is 4.14. The lowest BCUT2D eigenvalue weighted by molar-refractivity contribution is -0.138. The van der Waals surface area contributed by atoms with Gasteiger partial charge in [-0.25, -0.2) is 9.97 Å². The molecule has 3 saturated heterocycles. The molecular formula is C18H26N4O3. The van der Waals surface area contributed by atoms with E-state index >= 15 is 0 Å². The fraction of sp³-hybridized carbons (Fsp3) is 0.722. The third kappa shape index (κ3) is 3.77. The predicted octanol–water partition coefficient (Wildman–Crippen LogP) is 1.24. The normalized spacial score (nSPS) is 29.0. The molecule has 1 amide bonds. The van der Waals surface area contributed by atoms with Gasteiger partial charge in [0.05, 0.1) is 24.9 Å². The molecule has 0 bridgehead atoms. The molecule has 0 N–H and O–H groups in total. The molecule has 3 aliphatic heterocycles. The van der Waals surface area contributed by atoms with Crippen LogP contribution in [0.5, 0.6) is 0 Å². The van der Waals surface area contributed by atoms with Gasteiger partial charge in [0.15, 0.2) is 0 Å². The molecule has 3 atom stereocenters. The minimum absolute atomic E-state index is 0.0873. The van der Waals surface area contributed by atoms with Crippen molar-refractivity contribution < 1.29 is 14.3 Å². The summed E-state index contributed by atoms with van der Waals surface area (Å²) in [7, 11) is 0. The molecule has 7 heteroatoms. The fourth-order valence-corrected chi connectivity index (χ4v) is 4.14. The average molecular weight is 346 g/mol. The van der Waals surface area contributed by atoms with Crippen LogP contribution in [0.2, 0.25) is 0 Å². The molecule has 25 heavy (non-hydrogen) atoms. The van der Waals surface area contributed by atoms with E-state index in [2.05, 4.69) is 14.9 Å². The summed E-state index contributed by atoms with van der Waals surface area (Å²) in [5.74, 6) is 0.906. The molecule has 0 radical (unpaired) electrons. The topological polar surface area (TPSA) is 67.8 Å². The Morgan fingerprint density at radius 2 is 1.96 bits per heavy atom. The zero-order valence-corrected chi connectivity index (χ0v) is 14.5. The van der Waals surface area contributed by atoms with Crippen LogP contribution in [0.4, 0.5) is 5.95 Å². The summed E-state index contributed by atoms with van der Waals surface area (Å²) in [6.45, 7) is 3.37. The molecule has 0 aliphatic carbocycles. The van der Waals surface area contributed by atoms with Gasteiger partial charge in [0, 0.05) is 32.0 Å². The van der Waals surface area contributed by atoms with Crippen molar-refractivity contribution in [3.05, 3.63) is 18.5 Å². The summed E-state index contributed by atoms with van der Waals surface area (Å²) in [6, 6.07) is 2.19. The van der Waals surface area contributed by atoms with Gasteiger partial charge in [0.2, 0.25) is 11.9 Å². The summed E-state index contributed by atoms with van der Waals surface area (Å²) in [4.78, 5) is 24.9. The lowest BCUT2D eigenvalue weighted by Crippen LogP contribution is -2.44. The van der Waals surface area contributed by atoms with Gasteiger partial charge >= 0.3 is 0 Å². The van der Waals surface area contributed by atoms with Gasteiger partial charge < -0.3 is 19.3 Å². The number of amides is 1. The minimum Gasteiger partial charge on any atom is -0.370 e.